The summed E-state index contributed by atoms with van der Waals surface area (Å²) in [4.78, 5) is 2.21. The number of halogens is 1. The molecule has 1 N–H and O–H groups in total. The smallest absolute Gasteiger partial charge is 0.494 e. The molecule has 2 aliphatic heterocycles. The second-order valence-corrected chi connectivity index (χ2v) is 10.1. The largest absolute Gasteiger partial charge is 0.495 e. The predicted molar refractivity (Wildman–Crippen MR) is 140 cm³/mol. The molecule has 0 radical (unpaired) electrons. The minimum absolute atomic E-state index is 0.0676. The van der Waals surface area contributed by atoms with Gasteiger partial charge >= 0.3 is 7.12 Å². The van der Waals surface area contributed by atoms with E-state index in [2.05, 4.69) is 29.2 Å². The summed E-state index contributed by atoms with van der Waals surface area (Å²) in [5.74, 6) is -0.565. The fraction of sp³-hybridized carbons (Fsp3) is 0.379. The quantitative estimate of drug-likeness (QED) is 0.417. The van der Waals surface area contributed by atoms with Crippen molar-refractivity contribution in [1.29, 1.82) is 0 Å². The first kappa shape index (κ1) is 25.9. The highest BCUT2D eigenvalue weighted by Gasteiger charge is 2.41. The van der Waals surface area contributed by atoms with Gasteiger partial charge in [-0.15, -0.1) is 0 Å². The van der Waals surface area contributed by atoms with Crippen LogP contribution in [0.25, 0.3) is 0 Å². The minimum atomic E-state index is -1.26. The average Bonchev–Trinajstić information content (AvgIpc) is 3.40. The van der Waals surface area contributed by atoms with E-state index in [0.29, 0.717) is 56.0 Å². The Hall–Kier alpha value is -2.75. The van der Waals surface area contributed by atoms with Crippen LogP contribution >= 0.6 is 0 Å². The second kappa shape index (κ2) is 11.3. The van der Waals surface area contributed by atoms with E-state index in [1.807, 2.05) is 50.2 Å². The molecule has 2 heterocycles. The van der Waals surface area contributed by atoms with Gasteiger partial charge in [0.05, 0.1) is 25.4 Å². The van der Waals surface area contributed by atoms with Crippen molar-refractivity contribution in [2.75, 3.05) is 19.8 Å². The van der Waals surface area contributed by atoms with Gasteiger partial charge in [-0.25, -0.2) is 4.39 Å². The lowest BCUT2D eigenvalue weighted by Gasteiger charge is -2.26. The summed E-state index contributed by atoms with van der Waals surface area (Å²) in [7, 11) is -1.26. The van der Waals surface area contributed by atoms with Crippen LogP contribution < -0.4 is 10.2 Å². The van der Waals surface area contributed by atoms with Crippen molar-refractivity contribution in [2.45, 2.75) is 51.4 Å². The summed E-state index contributed by atoms with van der Waals surface area (Å²) in [5.41, 5.74) is 3.03. The summed E-state index contributed by atoms with van der Waals surface area (Å²) < 4.78 is 38.5. The molecule has 0 unspecified atom stereocenters. The number of ether oxygens (including phenoxy) is 3. The Kier molecular flexibility index (Phi) is 7.93. The lowest BCUT2D eigenvalue weighted by Crippen LogP contribution is -2.31. The molecule has 0 amide bonds. The van der Waals surface area contributed by atoms with Crippen molar-refractivity contribution in [3.05, 3.63) is 95.3 Å². The SMILES string of the molecule is CC1(C)OC[C@H](CCOc2ccc(F)c3c2B(O)O[C@@H]3CN(Cc2ccccc2)Cc2ccccc2)O1. The maximum absolute atomic E-state index is 15.1. The highest BCUT2D eigenvalue weighted by atomic mass is 19.1. The van der Waals surface area contributed by atoms with Crippen LogP contribution in [0, 0.1) is 5.82 Å². The van der Waals surface area contributed by atoms with Gasteiger partial charge in [-0.3, -0.25) is 4.90 Å². The van der Waals surface area contributed by atoms with E-state index in [4.69, 9.17) is 18.9 Å². The Morgan fingerprint density at radius 2 is 1.65 bits per heavy atom. The van der Waals surface area contributed by atoms with Crippen molar-refractivity contribution < 1.29 is 28.3 Å². The van der Waals surface area contributed by atoms with Crippen molar-refractivity contribution in [1.82, 2.24) is 4.90 Å². The summed E-state index contributed by atoms with van der Waals surface area (Å²) in [6.07, 6.45) is -0.0759. The van der Waals surface area contributed by atoms with Crippen LogP contribution in [0.3, 0.4) is 0 Å². The zero-order valence-electron chi connectivity index (χ0n) is 21.3. The van der Waals surface area contributed by atoms with Gasteiger partial charge in [0.15, 0.2) is 5.79 Å². The average molecular weight is 505 g/mol. The molecule has 0 aliphatic carbocycles. The lowest BCUT2D eigenvalue weighted by molar-refractivity contribution is -0.139. The van der Waals surface area contributed by atoms with Crippen LogP contribution in [0.2, 0.25) is 0 Å². The number of hydrogen-bond acceptors (Lipinski definition) is 6. The van der Waals surface area contributed by atoms with Gasteiger partial charge in [0, 0.05) is 37.1 Å². The van der Waals surface area contributed by atoms with E-state index in [0.717, 1.165) is 11.1 Å². The van der Waals surface area contributed by atoms with Crippen molar-refractivity contribution >= 4 is 12.6 Å². The molecule has 3 aromatic rings. The molecule has 8 heteroatoms. The molecule has 194 valence electrons. The zero-order valence-corrected chi connectivity index (χ0v) is 21.3. The molecule has 0 aromatic heterocycles. The summed E-state index contributed by atoms with van der Waals surface area (Å²) >= 11 is 0. The van der Waals surface area contributed by atoms with Crippen molar-refractivity contribution in [3.63, 3.8) is 0 Å². The third-order valence-corrected chi connectivity index (χ3v) is 6.74. The van der Waals surface area contributed by atoms with E-state index in [1.54, 1.807) is 6.07 Å². The summed E-state index contributed by atoms with van der Waals surface area (Å²) in [5, 5.41) is 10.8. The first-order valence-electron chi connectivity index (χ1n) is 12.8. The third kappa shape index (κ3) is 6.40. The molecule has 1 fully saturated rings. The van der Waals surface area contributed by atoms with Crippen LogP contribution in [0.5, 0.6) is 5.75 Å². The molecule has 37 heavy (non-hydrogen) atoms. The first-order valence-corrected chi connectivity index (χ1v) is 12.8. The number of rotatable bonds is 10. The third-order valence-electron chi connectivity index (χ3n) is 6.74. The lowest BCUT2D eigenvalue weighted by atomic mass is 9.78. The molecule has 0 bridgehead atoms. The summed E-state index contributed by atoms with van der Waals surface area (Å²) in [6.45, 7) is 6.37. The van der Waals surface area contributed by atoms with Gasteiger partial charge < -0.3 is 23.9 Å². The Morgan fingerprint density at radius 1 is 1.00 bits per heavy atom. The van der Waals surface area contributed by atoms with Gasteiger partial charge in [-0.1, -0.05) is 60.7 Å². The van der Waals surface area contributed by atoms with Gasteiger partial charge in [0.25, 0.3) is 0 Å². The van der Waals surface area contributed by atoms with E-state index < -0.39 is 24.8 Å². The van der Waals surface area contributed by atoms with Crippen molar-refractivity contribution in [2.24, 2.45) is 0 Å². The second-order valence-electron chi connectivity index (χ2n) is 10.1. The molecule has 0 saturated carbocycles. The molecule has 0 spiro atoms. The first-order chi connectivity index (χ1) is 17.9. The Morgan fingerprint density at radius 3 is 2.24 bits per heavy atom. The number of nitrogens with zero attached hydrogens (tertiary/aromatic N) is 1. The van der Waals surface area contributed by atoms with E-state index in [1.165, 1.54) is 6.07 Å². The fourth-order valence-corrected chi connectivity index (χ4v) is 5.03. The predicted octanol–water partition coefficient (Wildman–Crippen LogP) is 4.21. The maximum atomic E-state index is 15.1. The Balaban J connectivity index is 1.31. The van der Waals surface area contributed by atoms with Gasteiger partial charge in [-0.05, 0) is 37.1 Å². The number of fused-ring (bicyclic) bond motifs is 1. The van der Waals surface area contributed by atoms with Crippen molar-refractivity contribution in [3.8, 4) is 5.75 Å². The van der Waals surface area contributed by atoms with E-state index in [9.17, 15) is 5.02 Å². The minimum Gasteiger partial charge on any atom is -0.494 e. The highest BCUT2D eigenvalue weighted by Crippen LogP contribution is 2.32. The normalized spacial score (nSPS) is 20.4. The Bertz CT molecular complexity index is 1140. The molecule has 6 nitrogen and oxygen atoms in total. The molecule has 1 saturated heterocycles. The van der Waals surface area contributed by atoms with Crippen LogP contribution in [-0.4, -0.2) is 48.7 Å². The Labute approximate surface area is 218 Å². The van der Waals surface area contributed by atoms with Crippen LogP contribution in [0.15, 0.2) is 72.8 Å². The summed E-state index contributed by atoms with van der Waals surface area (Å²) in [6, 6.07) is 23.2. The van der Waals surface area contributed by atoms with E-state index in [-0.39, 0.29) is 6.10 Å². The van der Waals surface area contributed by atoms with Gasteiger partial charge in [0.1, 0.15) is 11.6 Å². The number of hydrogen-bond donors (Lipinski definition) is 1. The molecular weight excluding hydrogens is 472 g/mol. The van der Waals surface area contributed by atoms with Gasteiger partial charge in [-0.2, -0.15) is 0 Å². The van der Waals surface area contributed by atoms with Crippen LogP contribution in [0.1, 0.15) is 43.1 Å². The molecule has 3 aromatic carbocycles. The zero-order chi connectivity index (χ0) is 25.8. The molecule has 2 aliphatic rings. The molecule has 5 rings (SSSR count). The van der Waals surface area contributed by atoms with Crippen LogP contribution in [-0.2, 0) is 27.2 Å². The standard InChI is InChI=1S/C29H33BFNO5/c1-29(2)35-20-23(36-29)15-16-34-25-14-13-24(31)27-26(37-30(33)28(25)27)19-32(17-21-9-5-3-6-10-21)18-22-11-7-4-8-12-22/h3-14,23,26,33H,15-20H2,1-2H3/t23-,26+/m0/s1. The topological polar surface area (TPSA) is 60.4 Å². The molecular formula is C29H33BFNO5. The fourth-order valence-electron chi connectivity index (χ4n) is 5.03. The van der Waals surface area contributed by atoms with Crippen LogP contribution in [0.4, 0.5) is 4.39 Å². The highest BCUT2D eigenvalue weighted by molar-refractivity contribution is 6.62. The maximum Gasteiger partial charge on any atom is 0.495 e. The molecule has 2 atom stereocenters. The number of benzene rings is 3. The monoisotopic (exact) mass is 505 g/mol. The van der Waals surface area contributed by atoms with Gasteiger partial charge in [0.2, 0.25) is 0 Å². The van der Waals surface area contributed by atoms with E-state index >= 15 is 4.39 Å².